The van der Waals surface area contributed by atoms with Crippen molar-refractivity contribution >= 4 is 37.5 Å². The lowest BCUT2D eigenvalue weighted by molar-refractivity contribution is 0.343. The van der Waals surface area contributed by atoms with Gasteiger partial charge in [0.1, 0.15) is 5.75 Å². The van der Waals surface area contributed by atoms with Gasteiger partial charge in [-0.1, -0.05) is 40.3 Å². The van der Waals surface area contributed by atoms with Gasteiger partial charge in [0.15, 0.2) is 5.82 Å². The van der Waals surface area contributed by atoms with Crippen molar-refractivity contribution in [1.29, 1.82) is 0 Å². The fourth-order valence-electron chi connectivity index (χ4n) is 2.85. The molecule has 0 bridgehead atoms. The maximum absolute atomic E-state index is 11.5. The van der Waals surface area contributed by atoms with Crippen LogP contribution in [-0.4, -0.2) is 31.7 Å². The Morgan fingerprint density at radius 3 is 2.96 bits per heavy atom. The largest absolute Gasteiger partial charge is 0.491 e. The number of hydrogen-bond acceptors (Lipinski definition) is 5. The van der Waals surface area contributed by atoms with E-state index in [2.05, 4.69) is 44.0 Å². The standard InChI is InChI=1S/C19H17BrN4O2S/c1-12(13-2-4-16-17(10-13)27-19(25)22-16)15-6-8-24(23-15)18-5-3-14(11-21-18)26-9-7-20/h2-6,8,10-12H,7,9H2,1H3,(H,22,25). The lowest BCUT2D eigenvalue weighted by atomic mass is 9.98. The van der Waals surface area contributed by atoms with E-state index < -0.39 is 0 Å². The minimum absolute atomic E-state index is 0.0336. The van der Waals surface area contributed by atoms with Gasteiger partial charge in [-0.2, -0.15) is 5.10 Å². The first-order chi connectivity index (χ1) is 13.1. The summed E-state index contributed by atoms with van der Waals surface area (Å²) >= 11 is 4.56. The molecule has 138 valence electrons. The molecule has 27 heavy (non-hydrogen) atoms. The molecule has 0 aliphatic rings. The van der Waals surface area contributed by atoms with E-state index in [-0.39, 0.29) is 10.8 Å². The van der Waals surface area contributed by atoms with Gasteiger partial charge in [0.05, 0.1) is 28.7 Å². The van der Waals surface area contributed by atoms with Gasteiger partial charge in [0.2, 0.25) is 0 Å². The number of thiazole rings is 1. The van der Waals surface area contributed by atoms with Gasteiger partial charge in [0, 0.05) is 17.4 Å². The monoisotopic (exact) mass is 444 g/mol. The Bertz CT molecular complexity index is 1120. The molecule has 0 saturated heterocycles. The Balaban J connectivity index is 1.56. The summed E-state index contributed by atoms with van der Waals surface area (Å²) in [5, 5.41) is 5.45. The van der Waals surface area contributed by atoms with Crippen LogP contribution in [0.5, 0.6) is 5.75 Å². The molecule has 3 heterocycles. The zero-order chi connectivity index (χ0) is 18.8. The van der Waals surface area contributed by atoms with Crippen LogP contribution in [0, 0.1) is 0 Å². The number of rotatable bonds is 6. The zero-order valence-electron chi connectivity index (χ0n) is 14.6. The number of aromatic nitrogens is 4. The van der Waals surface area contributed by atoms with Crippen LogP contribution in [0.25, 0.3) is 16.0 Å². The third-order valence-electron chi connectivity index (χ3n) is 4.30. The summed E-state index contributed by atoms with van der Waals surface area (Å²) in [6.45, 7) is 2.71. The molecule has 4 aromatic rings. The number of halogens is 1. The van der Waals surface area contributed by atoms with Crippen molar-refractivity contribution in [3.05, 3.63) is 69.7 Å². The van der Waals surface area contributed by atoms with Gasteiger partial charge in [-0.3, -0.25) is 4.79 Å². The highest BCUT2D eigenvalue weighted by atomic mass is 79.9. The summed E-state index contributed by atoms with van der Waals surface area (Å²) in [7, 11) is 0. The van der Waals surface area contributed by atoms with Crippen LogP contribution in [0.15, 0.2) is 53.6 Å². The van der Waals surface area contributed by atoms with Crippen LogP contribution in [0.4, 0.5) is 0 Å². The van der Waals surface area contributed by atoms with Gasteiger partial charge in [-0.05, 0) is 35.9 Å². The number of alkyl halides is 1. The van der Waals surface area contributed by atoms with Crippen LogP contribution in [0.2, 0.25) is 0 Å². The molecule has 0 aliphatic heterocycles. The molecule has 4 rings (SSSR count). The van der Waals surface area contributed by atoms with Crippen molar-refractivity contribution in [2.45, 2.75) is 12.8 Å². The number of nitrogens with one attached hydrogen (secondary N) is 1. The molecule has 1 N–H and O–H groups in total. The predicted molar refractivity (Wildman–Crippen MR) is 111 cm³/mol. The Morgan fingerprint density at radius 2 is 2.19 bits per heavy atom. The summed E-state index contributed by atoms with van der Waals surface area (Å²) in [6, 6.07) is 11.8. The fourth-order valence-corrected chi connectivity index (χ4v) is 3.80. The van der Waals surface area contributed by atoms with E-state index >= 15 is 0 Å². The predicted octanol–water partition coefficient (Wildman–Crippen LogP) is 4.10. The molecule has 0 aliphatic carbocycles. The second kappa shape index (κ2) is 7.66. The van der Waals surface area contributed by atoms with Gasteiger partial charge in [-0.25, -0.2) is 9.67 Å². The number of pyridine rings is 1. The van der Waals surface area contributed by atoms with Crippen molar-refractivity contribution in [3.63, 3.8) is 0 Å². The second-order valence-electron chi connectivity index (χ2n) is 6.07. The van der Waals surface area contributed by atoms with Crippen LogP contribution in [0.3, 0.4) is 0 Å². The van der Waals surface area contributed by atoms with Crippen molar-refractivity contribution in [2.75, 3.05) is 11.9 Å². The van der Waals surface area contributed by atoms with Crippen molar-refractivity contribution in [1.82, 2.24) is 19.7 Å². The Morgan fingerprint density at radius 1 is 1.30 bits per heavy atom. The average molecular weight is 445 g/mol. The molecule has 1 aromatic carbocycles. The maximum Gasteiger partial charge on any atom is 0.305 e. The van der Waals surface area contributed by atoms with Crippen LogP contribution in [-0.2, 0) is 0 Å². The molecule has 8 heteroatoms. The minimum atomic E-state index is -0.0336. The average Bonchev–Trinajstić information content (AvgIpc) is 3.31. The highest BCUT2D eigenvalue weighted by Crippen LogP contribution is 2.27. The molecule has 0 fully saturated rings. The van der Waals surface area contributed by atoms with E-state index in [4.69, 9.17) is 4.74 Å². The van der Waals surface area contributed by atoms with Crippen LogP contribution >= 0.6 is 27.3 Å². The van der Waals surface area contributed by atoms with Crippen LogP contribution in [0.1, 0.15) is 24.1 Å². The Hall–Kier alpha value is -2.45. The first-order valence-corrected chi connectivity index (χ1v) is 10.4. The SMILES string of the molecule is CC(c1ccc2[nH]c(=O)sc2c1)c1ccn(-c2ccc(OCCBr)cn2)n1. The second-order valence-corrected chi connectivity index (χ2v) is 7.87. The lowest BCUT2D eigenvalue weighted by Crippen LogP contribution is -2.03. The highest BCUT2D eigenvalue weighted by Gasteiger charge is 2.14. The van der Waals surface area contributed by atoms with Gasteiger partial charge in [0.25, 0.3) is 0 Å². The molecule has 1 unspecified atom stereocenters. The quantitative estimate of drug-likeness (QED) is 0.454. The zero-order valence-corrected chi connectivity index (χ0v) is 17.0. The molecule has 0 spiro atoms. The van der Waals surface area contributed by atoms with Crippen molar-refractivity contribution in [3.8, 4) is 11.6 Å². The van der Waals surface area contributed by atoms with Gasteiger partial charge >= 0.3 is 4.87 Å². The normalized spacial score (nSPS) is 12.4. The summed E-state index contributed by atoms with van der Waals surface area (Å²) in [4.78, 5) is 18.7. The third kappa shape index (κ3) is 3.81. The van der Waals surface area contributed by atoms with E-state index in [1.165, 1.54) is 11.3 Å². The number of fused-ring (bicyclic) bond motifs is 1. The Kier molecular flexibility index (Phi) is 5.09. The van der Waals surface area contributed by atoms with Crippen LogP contribution < -0.4 is 9.61 Å². The first kappa shape index (κ1) is 17.9. The van der Waals surface area contributed by atoms with Gasteiger partial charge < -0.3 is 9.72 Å². The highest BCUT2D eigenvalue weighted by molar-refractivity contribution is 9.09. The lowest BCUT2D eigenvalue weighted by Gasteiger charge is -2.09. The molecular formula is C19H17BrN4O2S. The maximum atomic E-state index is 11.5. The molecule has 0 saturated carbocycles. The number of benzene rings is 1. The van der Waals surface area contributed by atoms with Crippen molar-refractivity contribution in [2.24, 2.45) is 0 Å². The fraction of sp³-hybridized carbons (Fsp3) is 0.211. The van der Waals surface area contributed by atoms with E-state index in [1.54, 1.807) is 10.9 Å². The van der Waals surface area contributed by atoms with E-state index in [9.17, 15) is 4.79 Å². The molecule has 1 atom stereocenters. The molecular weight excluding hydrogens is 428 g/mol. The van der Waals surface area contributed by atoms with Gasteiger partial charge in [-0.15, -0.1) is 0 Å². The number of nitrogens with zero attached hydrogens (tertiary/aromatic N) is 3. The summed E-state index contributed by atoms with van der Waals surface area (Å²) in [5.74, 6) is 1.58. The number of hydrogen-bond donors (Lipinski definition) is 1. The number of H-pyrrole nitrogens is 1. The van der Waals surface area contributed by atoms with E-state index in [0.717, 1.165) is 38.4 Å². The number of aromatic amines is 1. The molecule has 0 radical (unpaired) electrons. The topological polar surface area (TPSA) is 72.8 Å². The smallest absolute Gasteiger partial charge is 0.305 e. The molecule has 3 aromatic heterocycles. The first-order valence-electron chi connectivity index (χ1n) is 8.47. The summed E-state index contributed by atoms with van der Waals surface area (Å²) in [6.07, 6.45) is 3.60. The molecule has 0 amide bonds. The van der Waals surface area contributed by atoms with E-state index in [1.807, 2.05) is 36.5 Å². The van der Waals surface area contributed by atoms with Crippen molar-refractivity contribution < 1.29 is 4.74 Å². The number of ether oxygens (including phenoxy) is 1. The Labute approximate surface area is 168 Å². The summed E-state index contributed by atoms with van der Waals surface area (Å²) < 4.78 is 8.24. The van der Waals surface area contributed by atoms with E-state index in [0.29, 0.717) is 6.61 Å². The third-order valence-corrected chi connectivity index (χ3v) is 5.47. The molecule has 6 nitrogen and oxygen atoms in total. The summed E-state index contributed by atoms with van der Waals surface area (Å²) in [5.41, 5.74) is 2.94. The minimum Gasteiger partial charge on any atom is -0.491 e.